The van der Waals surface area contributed by atoms with Gasteiger partial charge in [-0.05, 0) is 0 Å². The van der Waals surface area contributed by atoms with Crippen LogP contribution in [0.2, 0.25) is 0 Å². The summed E-state index contributed by atoms with van der Waals surface area (Å²) in [7, 11) is 0. The van der Waals surface area contributed by atoms with Gasteiger partial charge in [-0.3, -0.25) is 0 Å². The average Bonchev–Trinajstić information content (AvgIpc) is 2.65. The zero-order valence-electron chi connectivity index (χ0n) is 19.4. The molecule has 0 saturated heterocycles. The van der Waals surface area contributed by atoms with Crippen molar-refractivity contribution in [2.24, 2.45) is 0 Å². The number of hydrogen-bond donors (Lipinski definition) is 0. The normalized spacial score (nSPS) is 9.84. The van der Waals surface area contributed by atoms with Crippen LogP contribution in [0.3, 0.4) is 0 Å². The topological polar surface area (TPSA) is 0 Å². The first-order valence-electron chi connectivity index (χ1n) is 12.3. The maximum absolute atomic E-state index is 2.28. The van der Waals surface area contributed by atoms with Crippen molar-refractivity contribution in [1.82, 2.24) is 0 Å². The van der Waals surface area contributed by atoms with Gasteiger partial charge in [0.05, 0.1) is 0 Å². The molecular formula is C25H56. The lowest BCUT2D eigenvalue weighted by Crippen LogP contribution is -1.80. The van der Waals surface area contributed by atoms with Gasteiger partial charge in [0.2, 0.25) is 0 Å². The fourth-order valence-corrected chi connectivity index (χ4v) is 2.94. The molecule has 0 amide bonds. The van der Waals surface area contributed by atoms with Gasteiger partial charge in [0, 0.05) is 0 Å². The summed E-state index contributed by atoms with van der Waals surface area (Å²) in [5.74, 6) is 0. The smallest absolute Gasteiger partial charge is 0.0533 e. The Labute approximate surface area is 164 Å². The van der Waals surface area contributed by atoms with E-state index in [-0.39, 0.29) is 0 Å². The van der Waals surface area contributed by atoms with Gasteiger partial charge in [0.1, 0.15) is 0 Å². The van der Waals surface area contributed by atoms with E-state index in [9.17, 15) is 0 Å². The Morgan fingerprint density at radius 1 is 0.240 bits per heavy atom. The highest BCUT2D eigenvalue weighted by Gasteiger charge is 1.91. The van der Waals surface area contributed by atoms with E-state index in [4.69, 9.17) is 0 Å². The standard InChI is InChI=1S/C13H28.C10H22.C2H6/c1-3-5-7-9-11-13-12-10-8-6-4-2;1-3-5-7-9-10-8-6-4-2;1-2/h3-13H2,1-2H3;3-10H2,1-2H3;1-2H3. The minimum atomic E-state index is 1.37. The lowest BCUT2D eigenvalue weighted by molar-refractivity contribution is 0.554. The molecule has 0 atom stereocenters. The fourth-order valence-electron chi connectivity index (χ4n) is 2.94. The van der Waals surface area contributed by atoms with E-state index in [0.29, 0.717) is 0 Å². The Kier molecular flexibility index (Phi) is 41.9. The fraction of sp³-hybridized carbons (Fsp3) is 1.00. The SMILES string of the molecule is CC.CCCCCCCCCC.CCCCCCCCCCCCC. The van der Waals surface area contributed by atoms with Crippen molar-refractivity contribution >= 4 is 0 Å². The molecule has 0 radical (unpaired) electrons. The second kappa shape index (κ2) is 35.2. The maximum atomic E-state index is 2.28. The van der Waals surface area contributed by atoms with Crippen molar-refractivity contribution in [1.29, 1.82) is 0 Å². The van der Waals surface area contributed by atoms with Gasteiger partial charge in [0.25, 0.3) is 0 Å². The highest BCUT2D eigenvalue weighted by molar-refractivity contribution is 4.46. The van der Waals surface area contributed by atoms with Gasteiger partial charge in [-0.15, -0.1) is 0 Å². The van der Waals surface area contributed by atoms with Gasteiger partial charge in [-0.1, -0.05) is 164 Å². The van der Waals surface area contributed by atoms with Gasteiger partial charge < -0.3 is 0 Å². The second-order valence-corrected chi connectivity index (χ2v) is 7.30. The molecular weight excluding hydrogens is 300 g/mol. The largest absolute Gasteiger partial charge is 0.0683 e. The van der Waals surface area contributed by atoms with E-state index >= 15 is 0 Å². The second-order valence-electron chi connectivity index (χ2n) is 7.30. The lowest BCUT2D eigenvalue weighted by atomic mass is 10.1. The first-order chi connectivity index (χ1) is 12.3. The summed E-state index contributed by atoms with van der Waals surface area (Å²) in [5, 5.41) is 0. The molecule has 0 aliphatic rings. The highest BCUT2D eigenvalue weighted by Crippen LogP contribution is 2.11. The Balaban J connectivity index is -0.000000362. The summed E-state index contributed by atoms with van der Waals surface area (Å²) in [6, 6.07) is 0. The average molecular weight is 357 g/mol. The van der Waals surface area contributed by atoms with E-state index in [1.54, 1.807) is 0 Å². The van der Waals surface area contributed by atoms with Crippen LogP contribution in [0.5, 0.6) is 0 Å². The molecule has 0 nitrogen and oxygen atoms in total. The summed E-state index contributed by atoms with van der Waals surface area (Å²) in [5.41, 5.74) is 0. The zero-order valence-corrected chi connectivity index (χ0v) is 19.4. The van der Waals surface area contributed by atoms with Crippen molar-refractivity contribution < 1.29 is 0 Å². The van der Waals surface area contributed by atoms with Gasteiger partial charge in [-0.25, -0.2) is 0 Å². The van der Waals surface area contributed by atoms with E-state index in [1.165, 1.54) is 122 Å². The summed E-state index contributed by atoms with van der Waals surface area (Å²) in [4.78, 5) is 0. The molecule has 0 aliphatic heterocycles. The third kappa shape index (κ3) is 40.2. The van der Waals surface area contributed by atoms with Crippen LogP contribution in [0.1, 0.15) is 164 Å². The lowest BCUT2D eigenvalue weighted by Gasteiger charge is -2.00. The highest BCUT2D eigenvalue weighted by atomic mass is 14.0. The molecule has 0 N–H and O–H groups in total. The Morgan fingerprint density at radius 3 is 0.480 bits per heavy atom. The molecule has 0 spiro atoms. The number of hydrogen-bond acceptors (Lipinski definition) is 0. The molecule has 0 fully saturated rings. The summed E-state index contributed by atoms with van der Waals surface area (Å²) < 4.78 is 0. The first-order valence-corrected chi connectivity index (χ1v) is 12.3. The van der Waals surface area contributed by atoms with Gasteiger partial charge in [-0.2, -0.15) is 0 Å². The Hall–Kier alpha value is 0. The molecule has 0 saturated carbocycles. The molecule has 0 heteroatoms. The van der Waals surface area contributed by atoms with Crippen molar-refractivity contribution in [3.8, 4) is 0 Å². The molecule has 156 valence electrons. The minimum absolute atomic E-state index is 1.37. The molecule has 0 bridgehead atoms. The Bertz CT molecular complexity index is 143. The molecule has 25 heavy (non-hydrogen) atoms. The minimum Gasteiger partial charge on any atom is -0.0683 e. The zero-order chi connectivity index (χ0) is 19.4. The van der Waals surface area contributed by atoms with E-state index in [1.807, 2.05) is 13.8 Å². The van der Waals surface area contributed by atoms with Gasteiger partial charge >= 0.3 is 0 Å². The van der Waals surface area contributed by atoms with Crippen molar-refractivity contribution in [3.05, 3.63) is 0 Å². The van der Waals surface area contributed by atoms with Crippen LogP contribution in [0, 0.1) is 0 Å². The summed E-state index contributed by atoms with van der Waals surface area (Å²) in [6.07, 6.45) is 27.4. The molecule has 0 aromatic heterocycles. The van der Waals surface area contributed by atoms with Crippen molar-refractivity contribution in [2.45, 2.75) is 164 Å². The molecule has 0 rings (SSSR count). The van der Waals surface area contributed by atoms with Crippen LogP contribution < -0.4 is 0 Å². The first kappa shape index (κ1) is 29.8. The monoisotopic (exact) mass is 356 g/mol. The van der Waals surface area contributed by atoms with Crippen molar-refractivity contribution in [2.75, 3.05) is 0 Å². The molecule has 0 aromatic carbocycles. The van der Waals surface area contributed by atoms with E-state index < -0.39 is 0 Å². The number of rotatable bonds is 17. The summed E-state index contributed by atoms with van der Waals surface area (Å²) in [6.45, 7) is 13.1. The molecule has 0 aliphatic carbocycles. The third-order valence-corrected chi connectivity index (χ3v) is 4.66. The van der Waals surface area contributed by atoms with Crippen molar-refractivity contribution in [3.63, 3.8) is 0 Å². The molecule has 0 unspecified atom stereocenters. The van der Waals surface area contributed by atoms with E-state index in [0.717, 1.165) is 0 Å². The van der Waals surface area contributed by atoms with E-state index in [2.05, 4.69) is 27.7 Å². The van der Waals surface area contributed by atoms with Crippen LogP contribution >= 0.6 is 0 Å². The predicted molar refractivity (Wildman–Crippen MR) is 122 cm³/mol. The van der Waals surface area contributed by atoms with Crippen LogP contribution in [0.15, 0.2) is 0 Å². The predicted octanol–water partition coefficient (Wildman–Crippen LogP) is 10.5. The van der Waals surface area contributed by atoms with Gasteiger partial charge in [0.15, 0.2) is 0 Å². The Morgan fingerprint density at radius 2 is 0.360 bits per heavy atom. The van der Waals surface area contributed by atoms with Crippen LogP contribution in [-0.4, -0.2) is 0 Å². The maximum Gasteiger partial charge on any atom is -0.0533 e. The summed E-state index contributed by atoms with van der Waals surface area (Å²) >= 11 is 0. The molecule has 0 heterocycles. The molecule has 0 aromatic rings. The van der Waals surface area contributed by atoms with Crippen LogP contribution in [0.25, 0.3) is 0 Å². The number of unbranched alkanes of at least 4 members (excludes halogenated alkanes) is 17. The van der Waals surface area contributed by atoms with Crippen LogP contribution in [0.4, 0.5) is 0 Å². The van der Waals surface area contributed by atoms with Crippen LogP contribution in [-0.2, 0) is 0 Å². The third-order valence-electron chi connectivity index (χ3n) is 4.66. The quantitative estimate of drug-likeness (QED) is 0.227.